The number of benzene rings is 9. The maximum absolute atomic E-state index is 2.48. The molecule has 0 atom stereocenters. The highest BCUT2D eigenvalue weighted by Crippen LogP contribution is 2.57. The zero-order chi connectivity index (χ0) is 37.8. The molecule has 0 unspecified atom stereocenters. The second-order valence-electron chi connectivity index (χ2n) is 14.8. The number of hydrogen-bond acceptors (Lipinski definition) is 2. The molecule has 268 valence electrons. The maximum atomic E-state index is 2.48. The number of anilines is 3. The third-order valence-electron chi connectivity index (χ3n) is 11.7. The lowest BCUT2D eigenvalue weighted by molar-refractivity contribution is 0.769. The third kappa shape index (κ3) is 5.37. The van der Waals surface area contributed by atoms with Gasteiger partial charge in [0.1, 0.15) is 0 Å². The van der Waals surface area contributed by atoms with Crippen LogP contribution in [0.15, 0.2) is 224 Å². The van der Waals surface area contributed by atoms with E-state index in [2.05, 4.69) is 229 Å². The highest BCUT2D eigenvalue weighted by Gasteiger charge is 2.46. The molecule has 1 heterocycles. The van der Waals surface area contributed by atoms with E-state index in [1.807, 2.05) is 11.3 Å². The third-order valence-corrected chi connectivity index (χ3v) is 12.9. The summed E-state index contributed by atoms with van der Waals surface area (Å²) in [6.07, 6.45) is 0. The average molecular weight is 744 g/mol. The van der Waals surface area contributed by atoms with Gasteiger partial charge in [-0.15, -0.1) is 11.3 Å². The van der Waals surface area contributed by atoms with Crippen LogP contribution in [0.1, 0.15) is 22.3 Å². The standard InChI is InChI=1S/C55H37NS/c1-5-17-38(18-6-1)39-29-32-45(33-30-39)56(44-23-11-4-12-24-44)52-37-41(35-49-48-26-14-16-28-53(48)57-54(49)52)40-31-34-47-46-25-13-15-27-50(46)55(51(47)36-40,42-19-7-2-8-20-42)43-21-9-3-10-22-43/h1-37H. The molecular formula is C55H37NS. The van der Waals surface area contributed by atoms with Crippen molar-refractivity contribution in [2.45, 2.75) is 5.41 Å². The minimum atomic E-state index is -0.469. The lowest BCUT2D eigenvalue weighted by atomic mass is 9.67. The van der Waals surface area contributed by atoms with E-state index in [1.165, 1.54) is 81.5 Å². The Morgan fingerprint density at radius 1 is 0.351 bits per heavy atom. The number of fused-ring (bicyclic) bond motifs is 6. The van der Waals surface area contributed by atoms with Gasteiger partial charge in [-0.2, -0.15) is 0 Å². The summed E-state index contributed by atoms with van der Waals surface area (Å²) in [5, 5.41) is 2.55. The van der Waals surface area contributed by atoms with Gasteiger partial charge in [-0.05, 0) is 104 Å². The Kier molecular flexibility index (Phi) is 7.98. The van der Waals surface area contributed by atoms with Crippen molar-refractivity contribution in [2.24, 2.45) is 0 Å². The first-order valence-electron chi connectivity index (χ1n) is 19.6. The molecule has 0 saturated carbocycles. The van der Waals surface area contributed by atoms with Crippen LogP contribution >= 0.6 is 11.3 Å². The highest BCUT2D eigenvalue weighted by molar-refractivity contribution is 7.26. The predicted molar refractivity (Wildman–Crippen MR) is 242 cm³/mol. The molecule has 11 rings (SSSR count). The minimum Gasteiger partial charge on any atom is -0.309 e. The largest absolute Gasteiger partial charge is 0.309 e. The van der Waals surface area contributed by atoms with Gasteiger partial charge in [0.15, 0.2) is 0 Å². The van der Waals surface area contributed by atoms with Crippen molar-refractivity contribution in [3.63, 3.8) is 0 Å². The van der Waals surface area contributed by atoms with Crippen molar-refractivity contribution in [2.75, 3.05) is 4.90 Å². The summed E-state index contributed by atoms with van der Waals surface area (Å²) < 4.78 is 2.56. The van der Waals surface area contributed by atoms with E-state index in [4.69, 9.17) is 0 Å². The first-order chi connectivity index (χ1) is 28.3. The summed E-state index contributed by atoms with van der Waals surface area (Å²) in [5.41, 5.74) is 15.5. The molecule has 10 aromatic rings. The normalized spacial score (nSPS) is 12.7. The van der Waals surface area contributed by atoms with Crippen molar-refractivity contribution < 1.29 is 0 Å². The number of para-hydroxylation sites is 1. The molecule has 1 aromatic heterocycles. The van der Waals surface area contributed by atoms with Crippen LogP contribution in [0.5, 0.6) is 0 Å². The molecule has 1 nitrogen and oxygen atoms in total. The molecule has 0 bridgehead atoms. The van der Waals surface area contributed by atoms with Gasteiger partial charge < -0.3 is 4.90 Å². The monoisotopic (exact) mass is 743 g/mol. The van der Waals surface area contributed by atoms with Crippen LogP contribution in [0.3, 0.4) is 0 Å². The molecule has 1 aliphatic rings. The van der Waals surface area contributed by atoms with Crippen LogP contribution in [0, 0.1) is 0 Å². The Bertz CT molecular complexity index is 3000. The molecule has 57 heavy (non-hydrogen) atoms. The fraction of sp³-hybridized carbons (Fsp3) is 0.0182. The van der Waals surface area contributed by atoms with Crippen molar-refractivity contribution in [3.05, 3.63) is 247 Å². The van der Waals surface area contributed by atoms with Gasteiger partial charge in [0, 0.05) is 26.8 Å². The van der Waals surface area contributed by atoms with E-state index in [0.717, 1.165) is 11.4 Å². The molecule has 0 spiro atoms. The van der Waals surface area contributed by atoms with E-state index in [0.29, 0.717) is 0 Å². The topological polar surface area (TPSA) is 3.24 Å². The second-order valence-corrected chi connectivity index (χ2v) is 15.9. The highest BCUT2D eigenvalue weighted by atomic mass is 32.1. The molecule has 0 fully saturated rings. The van der Waals surface area contributed by atoms with Crippen LogP contribution in [-0.4, -0.2) is 0 Å². The van der Waals surface area contributed by atoms with Gasteiger partial charge in [-0.3, -0.25) is 0 Å². The van der Waals surface area contributed by atoms with Crippen LogP contribution < -0.4 is 4.90 Å². The first-order valence-corrected chi connectivity index (χ1v) is 20.4. The summed E-state index contributed by atoms with van der Waals surface area (Å²) in [6.45, 7) is 0. The summed E-state index contributed by atoms with van der Waals surface area (Å²) >= 11 is 1.87. The lowest BCUT2D eigenvalue weighted by Crippen LogP contribution is -2.28. The lowest BCUT2D eigenvalue weighted by Gasteiger charge is -2.34. The quantitative estimate of drug-likeness (QED) is 0.157. The van der Waals surface area contributed by atoms with Gasteiger partial charge in [-0.25, -0.2) is 0 Å². The first kappa shape index (κ1) is 33.3. The molecule has 0 N–H and O–H groups in total. The van der Waals surface area contributed by atoms with Crippen molar-refractivity contribution in [3.8, 4) is 33.4 Å². The number of thiophene rings is 1. The minimum absolute atomic E-state index is 0.469. The zero-order valence-electron chi connectivity index (χ0n) is 31.2. The molecular weight excluding hydrogens is 707 g/mol. The number of hydrogen-bond donors (Lipinski definition) is 0. The van der Waals surface area contributed by atoms with Crippen LogP contribution in [-0.2, 0) is 5.41 Å². The van der Waals surface area contributed by atoms with E-state index in [1.54, 1.807) is 0 Å². The number of rotatable bonds is 7. The average Bonchev–Trinajstić information content (AvgIpc) is 3.82. The Morgan fingerprint density at radius 2 is 0.895 bits per heavy atom. The fourth-order valence-corrected chi connectivity index (χ4v) is 10.4. The smallest absolute Gasteiger partial charge is 0.0713 e. The Balaban J connectivity index is 1.17. The SMILES string of the molecule is c1ccc(-c2ccc(N(c3ccccc3)c3cc(-c4ccc5c(c4)C(c4ccccc4)(c4ccccc4)c4ccccc4-5)cc4c3sc3ccccc34)cc2)cc1. The van der Waals surface area contributed by atoms with E-state index in [9.17, 15) is 0 Å². The van der Waals surface area contributed by atoms with Gasteiger partial charge in [0.25, 0.3) is 0 Å². The Morgan fingerprint density at radius 3 is 1.61 bits per heavy atom. The van der Waals surface area contributed by atoms with Crippen molar-refractivity contribution in [1.29, 1.82) is 0 Å². The molecule has 1 aliphatic carbocycles. The van der Waals surface area contributed by atoms with E-state index in [-0.39, 0.29) is 0 Å². The predicted octanol–water partition coefficient (Wildman–Crippen LogP) is 15.2. The summed E-state index contributed by atoms with van der Waals surface area (Å²) in [6, 6.07) is 82.5. The maximum Gasteiger partial charge on any atom is 0.0713 e. The number of nitrogens with zero attached hydrogens (tertiary/aromatic N) is 1. The molecule has 9 aromatic carbocycles. The van der Waals surface area contributed by atoms with Crippen LogP contribution in [0.4, 0.5) is 17.1 Å². The van der Waals surface area contributed by atoms with E-state index < -0.39 is 5.41 Å². The van der Waals surface area contributed by atoms with Crippen LogP contribution in [0.25, 0.3) is 53.6 Å². The molecule has 0 amide bonds. The van der Waals surface area contributed by atoms with E-state index >= 15 is 0 Å². The van der Waals surface area contributed by atoms with Crippen molar-refractivity contribution >= 4 is 48.6 Å². The van der Waals surface area contributed by atoms with Gasteiger partial charge in [0.2, 0.25) is 0 Å². The molecule has 0 saturated heterocycles. The molecule has 0 aliphatic heterocycles. The Labute approximate surface area is 337 Å². The summed E-state index contributed by atoms with van der Waals surface area (Å²) in [5.74, 6) is 0. The molecule has 2 heteroatoms. The van der Waals surface area contributed by atoms with Gasteiger partial charge in [0.05, 0.1) is 15.8 Å². The van der Waals surface area contributed by atoms with Gasteiger partial charge in [-0.1, -0.05) is 176 Å². The van der Waals surface area contributed by atoms with Crippen LogP contribution in [0.2, 0.25) is 0 Å². The summed E-state index contributed by atoms with van der Waals surface area (Å²) in [7, 11) is 0. The van der Waals surface area contributed by atoms with Gasteiger partial charge >= 0.3 is 0 Å². The fourth-order valence-electron chi connectivity index (χ4n) is 9.20. The second kappa shape index (κ2) is 13.6. The summed E-state index contributed by atoms with van der Waals surface area (Å²) in [4.78, 5) is 2.44. The Hall–Kier alpha value is -7.00. The molecule has 0 radical (unpaired) electrons. The van der Waals surface area contributed by atoms with Crippen molar-refractivity contribution in [1.82, 2.24) is 0 Å². The zero-order valence-corrected chi connectivity index (χ0v) is 32.0.